The number of hydrogen-bond donors (Lipinski definition) is 3. The van der Waals surface area contributed by atoms with Crippen LogP contribution in [0.25, 0.3) is 21.2 Å². The van der Waals surface area contributed by atoms with Crippen LogP contribution in [-0.4, -0.2) is 26.6 Å². The Bertz CT molecular complexity index is 1520. The summed E-state index contributed by atoms with van der Waals surface area (Å²) in [5.41, 5.74) is 10.0. The van der Waals surface area contributed by atoms with Crippen LogP contribution in [0.2, 0.25) is 0 Å². The number of thiophene rings is 1. The molecular formula is C25H20N6O2S. The third-order valence-electron chi connectivity index (χ3n) is 5.30. The lowest BCUT2D eigenvalue weighted by atomic mass is 10.1. The van der Waals surface area contributed by atoms with Crippen LogP contribution < -0.4 is 16.4 Å². The summed E-state index contributed by atoms with van der Waals surface area (Å²) in [5.74, 6) is -0.248. The molecule has 0 unspecified atom stereocenters. The topological polar surface area (TPSA) is 115 Å². The molecule has 2 amide bonds. The molecule has 0 aliphatic rings. The maximum atomic E-state index is 13.2. The van der Waals surface area contributed by atoms with E-state index in [1.807, 2.05) is 19.3 Å². The van der Waals surface area contributed by atoms with Gasteiger partial charge in [-0.2, -0.15) is 5.10 Å². The number of carbonyl (C=O) groups is 2. The zero-order valence-electron chi connectivity index (χ0n) is 18.1. The van der Waals surface area contributed by atoms with Crippen LogP contribution in [0, 0.1) is 0 Å². The van der Waals surface area contributed by atoms with Gasteiger partial charge in [-0.3, -0.25) is 14.3 Å². The standard InChI is InChI=1S/C25H20N6O2S/c1-31-13-16(11-28-31)19-12-27-23(26)21-20(14-34-22(19)21)25(33)30-18-9-5-8-17(10-18)29-24(32)15-6-3-2-4-7-15/h2-14H,1H3,(H2,26,27)(H,29,32)(H,30,33). The molecule has 4 N–H and O–H groups in total. The Labute approximate surface area is 199 Å². The molecule has 5 aromatic rings. The van der Waals surface area contributed by atoms with Crippen LogP contribution >= 0.6 is 11.3 Å². The van der Waals surface area contributed by atoms with Gasteiger partial charge in [-0.15, -0.1) is 11.3 Å². The Balaban J connectivity index is 1.40. The lowest BCUT2D eigenvalue weighted by Gasteiger charge is -2.09. The van der Waals surface area contributed by atoms with E-state index in [2.05, 4.69) is 20.7 Å². The molecule has 0 spiro atoms. The Kier molecular flexibility index (Phi) is 5.52. The van der Waals surface area contributed by atoms with E-state index < -0.39 is 0 Å². The van der Waals surface area contributed by atoms with Gasteiger partial charge in [-0.05, 0) is 30.3 Å². The molecule has 3 heterocycles. The van der Waals surface area contributed by atoms with Gasteiger partial charge in [0, 0.05) is 63.0 Å². The molecule has 0 atom stereocenters. The number of rotatable bonds is 5. The maximum Gasteiger partial charge on any atom is 0.257 e. The van der Waals surface area contributed by atoms with Gasteiger partial charge in [0.25, 0.3) is 11.8 Å². The molecule has 34 heavy (non-hydrogen) atoms. The zero-order chi connectivity index (χ0) is 23.7. The highest BCUT2D eigenvalue weighted by Gasteiger charge is 2.19. The van der Waals surface area contributed by atoms with Crippen LogP contribution in [0.4, 0.5) is 17.2 Å². The monoisotopic (exact) mass is 468 g/mol. The molecule has 0 fully saturated rings. The Morgan fingerprint density at radius 1 is 0.971 bits per heavy atom. The summed E-state index contributed by atoms with van der Waals surface area (Å²) < 4.78 is 2.58. The quantitative estimate of drug-likeness (QED) is 0.343. The fourth-order valence-electron chi connectivity index (χ4n) is 3.67. The highest BCUT2D eigenvalue weighted by molar-refractivity contribution is 7.18. The van der Waals surface area contributed by atoms with Gasteiger partial charge in [-0.1, -0.05) is 24.3 Å². The van der Waals surface area contributed by atoms with Gasteiger partial charge >= 0.3 is 0 Å². The molecule has 0 aliphatic carbocycles. The number of carbonyl (C=O) groups excluding carboxylic acids is 2. The third-order valence-corrected chi connectivity index (χ3v) is 6.31. The predicted octanol–water partition coefficient (Wildman–Crippen LogP) is 4.78. The first-order valence-electron chi connectivity index (χ1n) is 10.4. The van der Waals surface area contributed by atoms with Crippen LogP contribution in [-0.2, 0) is 7.05 Å². The Morgan fingerprint density at radius 3 is 2.41 bits per heavy atom. The van der Waals surface area contributed by atoms with Crippen LogP contribution in [0.3, 0.4) is 0 Å². The molecule has 0 bridgehead atoms. The second kappa shape index (κ2) is 8.80. The molecule has 3 aromatic heterocycles. The van der Waals surface area contributed by atoms with Crippen molar-refractivity contribution >= 4 is 50.4 Å². The molecular weight excluding hydrogens is 448 g/mol. The van der Waals surface area contributed by atoms with Crippen molar-refractivity contribution in [1.29, 1.82) is 0 Å². The van der Waals surface area contributed by atoms with E-state index in [-0.39, 0.29) is 17.6 Å². The number of anilines is 3. The van der Waals surface area contributed by atoms with Crippen molar-refractivity contribution in [3.8, 4) is 11.1 Å². The van der Waals surface area contributed by atoms with E-state index in [0.29, 0.717) is 27.9 Å². The zero-order valence-corrected chi connectivity index (χ0v) is 19.0. The van der Waals surface area contributed by atoms with Gasteiger partial charge < -0.3 is 16.4 Å². The fourth-order valence-corrected chi connectivity index (χ4v) is 4.76. The van der Waals surface area contributed by atoms with Crippen molar-refractivity contribution in [2.24, 2.45) is 7.05 Å². The summed E-state index contributed by atoms with van der Waals surface area (Å²) in [7, 11) is 1.84. The highest BCUT2D eigenvalue weighted by atomic mass is 32.1. The third kappa shape index (κ3) is 4.12. The highest BCUT2D eigenvalue weighted by Crippen LogP contribution is 2.37. The van der Waals surface area contributed by atoms with Crippen molar-refractivity contribution in [2.75, 3.05) is 16.4 Å². The number of aryl methyl sites for hydroxylation is 1. The number of nitrogens with zero attached hydrogens (tertiary/aromatic N) is 3. The first-order valence-corrected chi connectivity index (χ1v) is 11.3. The van der Waals surface area contributed by atoms with Crippen LogP contribution in [0.5, 0.6) is 0 Å². The number of nitrogens with one attached hydrogen (secondary N) is 2. The second-order valence-electron chi connectivity index (χ2n) is 7.67. The molecule has 0 radical (unpaired) electrons. The van der Waals surface area contributed by atoms with E-state index in [1.54, 1.807) is 71.0 Å². The summed E-state index contributed by atoms with van der Waals surface area (Å²) in [6.45, 7) is 0. The van der Waals surface area contributed by atoms with Crippen molar-refractivity contribution in [3.05, 3.63) is 89.7 Å². The average Bonchev–Trinajstić information content (AvgIpc) is 3.47. The van der Waals surface area contributed by atoms with Crippen LogP contribution in [0.1, 0.15) is 20.7 Å². The van der Waals surface area contributed by atoms with Crippen LogP contribution in [0.15, 0.2) is 78.6 Å². The number of nitrogens with two attached hydrogens (primary N) is 1. The predicted molar refractivity (Wildman–Crippen MR) is 135 cm³/mol. The van der Waals surface area contributed by atoms with E-state index in [9.17, 15) is 9.59 Å². The molecule has 8 nitrogen and oxygen atoms in total. The molecule has 2 aromatic carbocycles. The van der Waals surface area contributed by atoms with Gasteiger partial charge in [0.05, 0.1) is 11.8 Å². The summed E-state index contributed by atoms with van der Waals surface area (Å²) in [6.07, 6.45) is 5.34. The average molecular weight is 469 g/mol. The SMILES string of the molecule is Cn1cc(-c2cnc(N)c3c(C(=O)Nc4cccc(NC(=O)c5ccccc5)c4)csc23)cn1. The molecule has 0 aliphatic heterocycles. The largest absolute Gasteiger partial charge is 0.383 e. The smallest absolute Gasteiger partial charge is 0.257 e. The molecule has 0 saturated heterocycles. The number of fused-ring (bicyclic) bond motifs is 1. The normalized spacial score (nSPS) is 10.9. The number of hydrogen-bond acceptors (Lipinski definition) is 6. The lowest BCUT2D eigenvalue weighted by molar-refractivity contribution is 0.102. The molecule has 168 valence electrons. The number of pyridine rings is 1. The summed E-state index contributed by atoms with van der Waals surface area (Å²) >= 11 is 1.43. The van der Waals surface area contributed by atoms with E-state index in [0.717, 1.165) is 15.8 Å². The van der Waals surface area contributed by atoms with Gasteiger partial charge in [0.15, 0.2) is 0 Å². The van der Waals surface area contributed by atoms with Crippen molar-refractivity contribution < 1.29 is 9.59 Å². The summed E-state index contributed by atoms with van der Waals surface area (Å²) in [4.78, 5) is 29.9. The molecule has 5 rings (SSSR count). The van der Waals surface area contributed by atoms with Crippen molar-refractivity contribution in [2.45, 2.75) is 0 Å². The van der Waals surface area contributed by atoms with E-state index in [1.165, 1.54) is 11.3 Å². The minimum atomic E-state index is -0.311. The van der Waals surface area contributed by atoms with Crippen molar-refractivity contribution in [3.63, 3.8) is 0 Å². The van der Waals surface area contributed by atoms with Gasteiger partial charge in [0.1, 0.15) is 5.82 Å². The lowest BCUT2D eigenvalue weighted by Crippen LogP contribution is -2.14. The first kappa shape index (κ1) is 21.4. The van der Waals surface area contributed by atoms with E-state index >= 15 is 0 Å². The van der Waals surface area contributed by atoms with Gasteiger partial charge in [-0.25, -0.2) is 4.98 Å². The van der Waals surface area contributed by atoms with Gasteiger partial charge in [0.2, 0.25) is 0 Å². The maximum absolute atomic E-state index is 13.2. The minimum absolute atomic E-state index is 0.227. The first-order chi connectivity index (χ1) is 16.5. The summed E-state index contributed by atoms with van der Waals surface area (Å²) in [6, 6.07) is 15.9. The second-order valence-corrected chi connectivity index (χ2v) is 8.55. The number of nitrogen functional groups attached to an aromatic ring is 1. The minimum Gasteiger partial charge on any atom is -0.383 e. The fraction of sp³-hybridized carbons (Fsp3) is 0.0400. The number of benzene rings is 2. The van der Waals surface area contributed by atoms with E-state index in [4.69, 9.17) is 5.73 Å². The van der Waals surface area contributed by atoms with Crippen molar-refractivity contribution in [1.82, 2.24) is 14.8 Å². The Hall–Kier alpha value is -4.50. The number of amides is 2. The molecule has 0 saturated carbocycles. The Morgan fingerprint density at radius 2 is 1.71 bits per heavy atom. The molecule has 9 heteroatoms. The summed E-state index contributed by atoms with van der Waals surface area (Å²) in [5, 5.41) is 12.4. The number of aromatic nitrogens is 3.